The highest BCUT2D eigenvalue weighted by Gasteiger charge is 2.14. The van der Waals surface area contributed by atoms with Gasteiger partial charge in [0, 0.05) is 16.8 Å². The molecule has 0 atom stereocenters. The van der Waals surface area contributed by atoms with E-state index in [1.54, 1.807) is 55.6 Å². The monoisotopic (exact) mass is 497 g/mol. The molecule has 0 fully saturated rings. The molecule has 4 aromatic rings. The van der Waals surface area contributed by atoms with Crippen molar-refractivity contribution in [3.63, 3.8) is 0 Å². The van der Waals surface area contributed by atoms with Gasteiger partial charge in [0.25, 0.3) is 5.91 Å². The Morgan fingerprint density at radius 3 is 2.38 bits per heavy atom. The summed E-state index contributed by atoms with van der Waals surface area (Å²) in [6.07, 6.45) is 0. The number of nitrogens with zero attached hydrogens (tertiary/aromatic N) is 1. The number of anilines is 1. The van der Waals surface area contributed by atoms with Crippen LogP contribution in [0.15, 0.2) is 59.0 Å². The van der Waals surface area contributed by atoms with Gasteiger partial charge in [-0.3, -0.25) is 10.1 Å². The highest BCUT2D eigenvalue weighted by atomic mass is 35.5. The SMILES string of the molecule is COc1ccc(-c2nc3cc(NC(=S)NC(=O)c4ccc(OC)c(OC)c4)ccc3o2)cc1Cl. The van der Waals surface area contributed by atoms with Gasteiger partial charge in [-0.05, 0) is 66.8 Å². The van der Waals surface area contributed by atoms with Crippen molar-refractivity contribution in [3.05, 3.63) is 65.2 Å². The molecular weight excluding hydrogens is 478 g/mol. The average molecular weight is 498 g/mol. The summed E-state index contributed by atoms with van der Waals surface area (Å²) >= 11 is 11.5. The van der Waals surface area contributed by atoms with Crippen molar-refractivity contribution >= 4 is 51.6 Å². The summed E-state index contributed by atoms with van der Waals surface area (Å²) in [4.78, 5) is 17.1. The molecule has 2 N–H and O–H groups in total. The Bertz CT molecular complexity index is 1390. The van der Waals surface area contributed by atoms with E-state index in [1.165, 1.54) is 14.2 Å². The van der Waals surface area contributed by atoms with E-state index in [0.29, 0.717) is 56.1 Å². The van der Waals surface area contributed by atoms with Gasteiger partial charge in [0.15, 0.2) is 22.2 Å². The van der Waals surface area contributed by atoms with E-state index in [1.807, 2.05) is 6.07 Å². The minimum absolute atomic E-state index is 0.129. The number of hydrogen-bond acceptors (Lipinski definition) is 7. The molecule has 8 nitrogen and oxygen atoms in total. The van der Waals surface area contributed by atoms with Crippen molar-refractivity contribution in [2.24, 2.45) is 0 Å². The van der Waals surface area contributed by atoms with Crippen LogP contribution in [0.4, 0.5) is 5.69 Å². The van der Waals surface area contributed by atoms with E-state index < -0.39 is 0 Å². The molecule has 0 aliphatic rings. The molecule has 174 valence electrons. The summed E-state index contributed by atoms with van der Waals surface area (Å²) in [5.74, 6) is 1.56. The number of hydrogen-bond donors (Lipinski definition) is 2. The lowest BCUT2D eigenvalue weighted by molar-refractivity contribution is 0.0977. The summed E-state index contributed by atoms with van der Waals surface area (Å²) in [6.45, 7) is 0. The van der Waals surface area contributed by atoms with Gasteiger partial charge < -0.3 is 23.9 Å². The van der Waals surface area contributed by atoms with Gasteiger partial charge in [0.2, 0.25) is 5.89 Å². The summed E-state index contributed by atoms with van der Waals surface area (Å²) < 4.78 is 21.5. The van der Waals surface area contributed by atoms with Crippen molar-refractivity contribution in [3.8, 4) is 28.7 Å². The second-order valence-corrected chi connectivity index (χ2v) is 7.84. The van der Waals surface area contributed by atoms with Gasteiger partial charge in [0.05, 0.1) is 26.4 Å². The molecule has 0 radical (unpaired) electrons. The van der Waals surface area contributed by atoms with Crippen LogP contribution < -0.4 is 24.8 Å². The highest BCUT2D eigenvalue weighted by molar-refractivity contribution is 7.80. The fourth-order valence-electron chi connectivity index (χ4n) is 3.24. The Kier molecular flexibility index (Phi) is 6.85. The first-order chi connectivity index (χ1) is 16.4. The molecule has 4 rings (SSSR count). The largest absolute Gasteiger partial charge is 0.495 e. The number of carbonyl (C=O) groups excluding carboxylic acids is 1. The van der Waals surface area contributed by atoms with Crippen LogP contribution in [-0.4, -0.2) is 37.3 Å². The number of nitrogens with one attached hydrogen (secondary N) is 2. The zero-order chi connectivity index (χ0) is 24.2. The topological polar surface area (TPSA) is 94.9 Å². The molecule has 1 aromatic heterocycles. The lowest BCUT2D eigenvalue weighted by atomic mass is 10.2. The summed E-state index contributed by atoms with van der Waals surface area (Å²) in [7, 11) is 4.58. The third kappa shape index (κ3) is 4.90. The smallest absolute Gasteiger partial charge is 0.257 e. The predicted molar refractivity (Wildman–Crippen MR) is 134 cm³/mol. The number of aromatic nitrogens is 1. The zero-order valence-electron chi connectivity index (χ0n) is 18.5. The third-order valence-electron chi connectivity index (χ3n) is 4.92. The molecule has 0 aliphatic heterocycles. The fraction of sp³-hybridized carbons (Fsp3) is 0.125. The number of carbonyl (C=O) groups is 1. The minimum Gasteiger partial charge on any atom is -0.495 e. The normalized spacial score (nSPS) is 10.6. The number of rotatable bonds is 6. The summed E-state index contributed by atoms with van der Waals surface area (Å²) in [6, 6.07) is 15.4. The van der Waals surface area contributed by atoms with Crippen LogP contribution >= 0.6 is 23.8 Å². The molecule has 0 unspecified atom stereocenters. The Morgan fingerprint density at radius 1 is 0.941 bits per heavy atom. The summed E-state index contributed by atoms with van der Waals surface area (Å²) in [5.41, 5.74) is 2.93. The van der Waals surface area contributed by atoms with E-state index in [0.717, 1.165) is 0 Å². The first-order valence-corrected chi connectivity index (χ1v) is 10.8. The maximum absolute atomic E-state index is 12.6. The average Bonchev–Trinajstić information content (AvgIpc) is 3.26. The standard InChI is InChI=1S/C24H20ClN3O5S/c1-30-18-7-5-14(10-16(18)25)23-27-17-12-15(6-9-19(17)33-23)26-24(34)28-22(29)13-4-8-20(31-2)21(11-13)32-3/h4-12H,1-3H3,(H2,26,28,29,34). The Balaban J connectivity index is 1.47. The van der Waals surface area contributed by atoms with E-state index >= 15 is 0 Å². The number of fused-ring (bicyclic) bond motifs is 1. The fourth-order valence-corrected chi connectivity index (χ4v) is 3.71. The molecule has 0 saturated heterocycles. The molecule has 1 heterocycles. The predicted octanol–water partition coefficient (Wildman–Crippen LogP) is 5.30. The lowest BCUT2D eigenvalue weighted by Gasteiger charge is -2.11. The van der Waals surface area contributed by atoms with Gasteiger partial charge in [0.1, 0.15) is 11.3 Å². The van der Waals surface area contributed by atoms with Crippen LogP contribution in [0.1, 0.15) is 10.4 Å². The second kappa shape index (κ2) is 9.98. The van der Waals surface area contributed by atoms with E-state index in [2.05, 4.69) is 15.6 Å². The highest BCUT2D eigenvalue weighted by Crippen LogP contribution is 2.32. The Labute approximate surface area is 205 Å². The van der Waals surface area contributed by atoms with E-state index in [-0.39, 0.29) is 11.0 Å². The number of amides is 1. The van der Waals surface area contributed by atoms with Gasteiger partial charge in [-0.15, -0.1) is 0 Å². The molecule has 34 heavy (non-hydrogen) atoms. The van der Waals surface area contributed by atoms with Crippen LogP contribution in [0.5, 0.6) is 17.2 Å². The molecule has 3 aromatic carbocycles. The van der Waals surface area contributed by atoms with Crippen molar-refractivity contribution in [2.75, 3.05) is 26.6 Å². The number of ether oxygens (including phenoxy) is 3. The molecule has 10 heteroatoms. The first-order valence-electron chi connectivity index (χ1n) is 10.0. The van der Waals surface area contributed by atoms with Crippen molar-refractivity contribution < 1.29 is 23.4 Å². The van der Waals surface area contributed by atoms with Gasteiger partial charge in [-0.2, -0.15) is 0 Å². The van der Waals surface area contributed by atoms with Gasteiger partial charge in [-0.1, -0.05) is 11.6 Å². The van der Waals surface area contributed by atoms with Crippen LogP contribution in [0.25, 0.3) is 22.6 Å². The third-order valence-corrected chi connectivity index (χ3v) is 5.42. The minimum atomic E-state index is -0.389. The van der Waals surface area contributed by atoms with E-state index in [9.17, 15) is 4.79 Å². The molecule has 0 aliphatic carbocycles. The Hall–Kier alpha value is -3.82. The van der Waals surface area contributed by atoms with Crippen LogP contribution in [0.2, 0.25) is 5.02 Å². The van der Waals surface area contributed by atoms with Crippen molar-refractivity contribution in [1.82, 2.24) is 10.3 Å². The van der Waals surface area contributed by atoms with Crippen molar-refractivity contribution in [2.45, 2.75) is 0 Å². The first kappa shape index (κ1) is 23.3. The van der Waals surface area contributed by atoms with Crippen LogP contribution in [0.3, 0.4) is 0 Å². The number of methoxy groups -OCH3 is 3. The molecule has 1 amide bonds. The van der Waals surface area contributed by atoms with E-state index in [4.69, 9.17) is 42.4 Å². The van der Waals surface area contributed by atoms with Crippen LogP contribution in [-0.2, 0) is 0 Å². The number of oxazole rings is 1. The zero-order valence-corrected chi connectivity index (χ0v) is 20.0. The van der Waals surface area contributed by atoms with Crippen LogP contribution in [0, 0.1) is 0 Å². The maximum atomic E-state index is 12.6. The van der Waals surface area contributed by atoms with Gasteiger partial charge >= 0.3 is 0 Å². The molecule has 0 bridgehead atoms. The molecule has 0 spiro atoms. The number of benzene rings is 3. The Morgan fingerprint density at radius 2 is 1.68 bits per heavy atom. The summed E-state index contributed by atoms with van der Waals surface area (Å²) in [5, 5.41) is 6.22. The molecular formula is C24H20ClN3O5S. The quantitative estimate of drug-likeness (QED) is 0.346. The van der Waals surface area contributed by atoms with Crippen molar-refractivity contribution in [1.29, 1.82) is 0 Å². The maximum Gasteiger partial charge on any atom is 0.257 e. The molecule has 0 saturated carbocycles. The number of thiocarbonyl (C=S) groups is 1. The van der Waals surface area contributed by atoms with Gasteiger partial charge in [-0.25, -0.2) is 4.98 Å². The second-order valence-electron chi connectivity index (χ2n) is 7.03. The lowest BCUT2D eigenvalue weighted by Crippen LogP contribution is -2.34. The number of halogens is 1.